The predicted molar refractivity (Wildman–Crippen MR) is 91.0 cm³/mol. The number of nitrogens with one attached hydrogen (secondary N) is 1. The van der Waals surface area contributed by atoms with E-state index in [1.807, 2.05) is 18.3 Å². The van der Waals surface area contributed by atoms with E-state index in [1.165, 1.54) is 5.19 Å². The first kappa shape index (κ1) is 15.5. The average Bonchev–Trinajstić information content (AvgIpc) is 2.41. The van der Waals surface area contributed by atoms with Crippen LogP contribution in [0.25, 0.3) is 0 Å². The minimum absolute atomic E-state index is 0.316. The predicted octanol–water partition coefficient (Wildman–Crippen LogP) is 3.11. The molecule has 0 aliphatic carbocycles. The molecule has 3 N–H and O–H groups in total. The van der Waals surface area contributed by atoms with Crippen LogP contribution in [0, 0.1) is 0 Å². The molecule has 0 aliphatic heterocycles. The number of hydrogen-bond acceptors (Lipinski definition) is 3. The normalized spacial score (nSPS) is 11.2. The number of benzene rings is 1. The van der Waals surface area contributed by atoms with Gasteiger partial charge in [-0.1, -0.05) is 37.3 Å². The van der Waals surface area contributed by atoms with Gasteiger partial charge in [-0.25, -0.2) is 4.98 Å². The summed E-state index contributed by atoms with van der Waals surface area (Å²) in [5.41, 5.74) is 6.52. The summed E-state index contributed by atoms with van der Waals surface area (Å²) in [7, 11) is -1.39. The summed E-state index contributed by atoms with van der Waals surface area (Å²) in [5, 5.41) is 4.44. The van der Waals surface area contributed by atoms with E-state index in [2.05, 4.69) is 29.9 Å². The first-order valence-corrected chi connectivity index (χ1v) is 10.5. The lowest BCUT2D eigenvalue weighted by atomic mass is 10.1. The number of halogens is 1. The molecule has 0 unspecified atom stereocenters. The summed E-state index contributed by atoms with van der Waals surface area (Å²) in [6.45, 7) is 6.73. The van der Waals surface area contributed by atoms with Crippen molar-refractivity contribution in [2.75, 3.05) is 11.1 Å². The quantitative estimate of drug-likeness (QED) is 0.674. The number of pyridine rings is 1. The maximum absolute atomic E-state index is 12.2. The Morgan fingerprint density at radius 2 is 1.95 bits per heavy atom. The van der Waals surface area contributed by atoms with Crippen LogP contribution < -0.4 is 16.2 Å². The van der Waals surface area contributed by atoms with Crippen LogP contribution in [0.3, 0.4) is 0 Å². The van der Waals surface area contributed by atoms with E-state index in [4.69, 9.17) is 17.3 Å². The van der Waals surface area contributed by atoms with Crippen molar-refractivity contribution in [3.05, 3.63) is 47.1 Å². The molecule has 1 aromatic heterocycles. The zero-order valence-electron chi connectivity index (χ0n) is 12.3. The Balaban J connectivity index is 2.18. The molecule has 110 valence electrons. The van der Waals surface area contributed by atoms with Gasteiger partial charge in [0, 0.05) is 16.9 Å². The van der Waals surface area contributed by atoms with Crippen molar-refractivity contribution in [2.24, 2.45) is 0 Å². The lowest BCUT2D eigenvalue weighted by molar-refractivity contribution is 0.102. The van der Waals surface area contributed by atoms with Crippen LogP contribution in [0.2, 0.25) is 24.7 Å². The molecule has 1 heterocycles. The maximum Gasteiger partial charge on any atom is 0.258 e. The molecule has 1 amide bonds. The Bertz CT molecular complexity index is 666. The lowest BCUT2D eigenvalue weighted by Crippen LogP contribution is -2.37. The summed E-state index contributed by atoms with van der Waals surface area (Å²) in [6.07, 6.45) is 1.82. The third-order valence-corrected chi connectivity index (χ3v) is 5.39. The average molecular weight is 320 g/mol. The van der Waals surface area contributed by atoms with Gasteiger partial charge in [-0.05, 0) is 29.5 Å². The molecular formula is C15H18ClN3OSi. The molecule has 0 saturated heterocycles. The highest BCUT2D eigenvalue weighted by Crippen LogP contribution is 2.19. The molecule has 0 bridgehead atoms. The number of nitrogen functional groups attached to an aromatic ring is 1. The zero-order valence-corrected chi connectivity index (χ0v) is 14.0. The number of hydrogen-bond donors (Lipinski definition) is 2. The minimum atomic E-state index is -1.39. The van der Waals surface area contributed by atoms with E-state index >= 15 is 0 Å². The van der Waals surface area contributed by atoms with E-state index in [0.717, 1.165) is 0 Å². The minimum Gasteiger partial charge on any atom is -0.398 e. The van der Waals surface area contributed by atoms with Crippen molar-refractivity contribution < 1.29 is 4.79 Å². The van der Waals surface area contributed by atoms with Crippen molar-refractivity contribution in [3.8, 4) is 0 Å². The largest absolute Gasteiger partial charge is 0.398 e. The number of nitrogens with zero attached hydrogens (tertiary/aromatic N) is 1. The van der Waals surface area contributed by atoms with Gasteiger partial charge < -0.3 is 11.1 Å². The number of rotatable bonds is 3. The highest BCUT2D eigenvalue weighted by Gasteiger charge is 2.17. The molecule has 1 aromatic carbocycles. The molecule has 0 spiro atoms. The molecule has 6 heteroatoms. The lowest BCUT2D eigenvalue weighted by Gasteiger charge is -2.16. The number of nitrogens with two attached hydrogens (primary N) is 1. The van der Waals surface area contributed by atoms with E-state index in [1.54, 1.807) is 18.2 Å². The van der Waals surface area contributed by atoms with Crippen LogP contribution in [0.4, 0.5) is 11.5 Å². The van der Waals surface area contributed by atoms with Crippen molar-refractivity contribution in [1.29, 1.82) is 0 Å². The molecule has 2 aromatic rings. The third kappa shape index (κ3) is 3.83. The smallest absolute Gasteiger partial charge is 0.258 e. The molecule has 2 rings (SSSR count). The monoisotopic (exact) mass is 319 g/mol. The van der Waals surface area contributed by atoms with Crippen LogP contribution in [0.15, 0.2) is 36.5 Å². The molecular weight excluding hydrogens is 302 g/mol. The molecule has 0 fully saturated rings. The van der Waals surface area contributed by atoms with E-state index in [9.17, 15) is 4.79 Å². The van der Waals surface area contributed by atoms with Crippen molar-refractivity contribution in [2.45, 2.75) is 19.6 Å². The van der Waals surface area contributed by atoms with Crippen LogP contribution in [0.1, 0.15) is 10.4 Å². The summed E-state index contributed by atoms with van der Waals surface area (Å²) >= 11 is 5.89. The van der Waals surface area contributed by atoms with Crippen LogP contribution in [0.5, 0.6) is 0 Å². The van der Waals surface area contributed by atoms with Gasteiger partial charge in [-0.2, -0.15) is 0 Å². The Morgan fingerprint density at radius 3 is 2.52 bits per heavy atom. The van der Waals surface area contributed by atoms with Crippen LogP contribution in [-0.2, 0) is 0 Å². The maximum atomic E-state index is 12.2. The molecule has 0 atom stereocenters. The van der Waals surface area contributed by atoms with Gasteiger partial charge in [0.05, 0.1) is 13.6 Å². The molecule has 4 nitrogen and oxygen atoms in total. The highest BCUT2D eigenvalue weighted by atomic mass is 35.5. The standard InChI is InChI=1S/C15H18ClN3OSi/c1-21(2,3)11-5-7-14(18-9-11)19-15(20)12-8-10(16)4-6-13(12)17/h4-9H,17H2,1-3H3,(H,18,19,20). The fourth-order valence-electron chi connectivity index (χ4n) is 1.82. The fourth-order valence-corrected chi connectivity index (χ4v) is 3.03. The van der Waals surface area contributed by atoms with Crippen molar-refractivity contribution in [3.63, 3.8) is 0 Å². The van der Waals surface area contributed by atoms with Gasteiger partial charge in [0.15, 0.2) is 0 Å². The van der Waals surface area contributed by atoms with Crippen LogP contribution in [-0.4, -0.2) is 19.0 Å². The Morgan fingerprint density at radius 1 is 1.24 bits per heavy atom. The summed E-state index contributed by atoms with van der Waals surface area (Å²) in [5.74, 6) is 0.185. The molecule has 0 radical (unpaired) electrons. The first-order chi connectivity index (χ1) is 9.77. The van der Waals surface area contributed by atoms with Gasteiger partial charge >= 0.3 is 0 Å². The first-order valence-electron chi connectivity index (χ1n) is 6.60. The van der Waals surface area contributed by atoms with E-state index in [-0.39, 0.29) is 5.91 Å². The number of aromatic nitrogens is 1. The van der Waals surface area contributed by atoms with Crippen molar-refractivity contribution in [1.82, 2.24) is 4.98 Å². The Labute approximate surface area is 130 Å². The Hall–Kier alpha value is -1.85. The number of carbonyl (C=O) groups excluding carboxylic acids is 1. The second-order valence-corrected chi connectivity index (χ2v) is 11.4. The second kappa shape index (κ2) is 5.87. The molecule has 0 saturated carbocycles. The fraction of sp³-hybridized carbons (Fsp3) is 0.200. The van der Waals surface area contributed by atoms with Gasteiger partial charge in [-0.15, -0.1) is 0 Å². The van der Waals surface area contributed by atoms with E-state index in [0.29, 0.717) is 22.1 Å². The second-order valence-electron chi connectivity index (χ2n) is 5.87. The number of carbonyl (C=O) groups is 1. The molecule has 0 aliphatic rings. The van der Waals surface area contributed by atoms with Gasteiger partial charge in [0.1, 0.15) is 5.82 Å². The van der Waals surface area contributed by atoms with Crippen molar-refractivity contribution >= 4 is 42.3 Å². The third-order valence-electron chi connectivity index (χ3n) is 3.13. The number of amides is 1. The summed E-state index contributed by atoms with van der Waals surface area (Å²) in [4.78, 5) is 16.5. The van der Waals surface area contributed by atoms with Gasteiger partial charge in [-0.3, -0.25) is 4.79 Å². The highest BCUT2D eigenvalue weighted by molar-refractivity contribution is 6.88. The Kier molecular flexibility index (Phi) is 4.34. The number of anilines is 2. The molecule has 21 heavy (non-hydrogen) atoms. The zero-order chi connectivity index (χ0) is 15.6. The van der Waals surface area contributed by atoms with Gasteiger partial charge in [0.25, 0.3) is 5.91 Å². The van der Waals surface area contributed by atoms with E-state index < -0.39 is 8.07 Å². The summed E-state index contributed by atoms with van der Waals surface area (Å²) in [6, 6.07) is 8.62. The topological polar surface area (TPSA) is 68.0 Å². The summed E-state index contributed by atoms with van der Waals surface area (Å²) < 4.78 is 0. The van der Waals surface area contributed by atoms with Gasteiger partial charge in [0.2, 0.25) is 0 Å². The SMILES string of the molecule is C[Si](C)(C)c1ccc(NC(=O)c2cc(Cl)ccc2N)nc1. The van der Waals surface area contributed by atoms with Crippen LogP contribution >= 0.6 is 11.6 Å².